The van der Waals surface area contributed by atoms with Gasteiger partial charge in [0.05, 0.1) is 4.92 Å². The number of alkyl halides is 1. The van der Waals surface area contributed by atoms with Crippen LogP contribution in [0, 0.1) is 10.1 Å². The molecule has 3 atom stereocenters. The van der Waals surface area contributed by atoms with Crippen molar-refractivity contribution >= 4 is 27.5 Å². The number of fused-ring (bicyclic) bond motifs is 1. The highest BCUT2D eigenvalue weighted by molar-refractivity contribution is 9.10. The Morgan fingerprint density at radius 2 is 1.86 bits per heavy atom. The lowest BCUT2D eigenvalue weighted by Gasteiger charge is -2.37. The van der Waals surface area contributed by atoms with Crippen LogP contribution in [0.3, 0.4) is 0 Å². The maximum absolute atomic E-state index is 11.6. The summed E-state index contributed by atoms with van der Waals surface area (Å²) in [6.45, 7) is 0. The van der Waals surface area contributed by atoms with Crippen LogP contribution >= 0.6 is 27.5 Å². The normalized spacial score (nSPS) is 26.9. The Hall–Kier alpha value is -1.63. The molecular weight excluding hydrogens is 374 g/mol. The number of rotatable bonds is 2. The molecule has 1 heterocycles. The van der Waals surface area contributed by atoms with Gasteiger partial charge in [-0.1, -0.05) is 46.3 Å². The molecule has 1 aliphatic rings. The van der Waals surface area contributed by atoms with E-state index in [4.69, 9.17) is 16.3 Å². The molecule has 0 fully saturated rings. The Morgan fingerprint density at radius 3 is 2.50 bits per heavy atom. The molecule has 1 N–H and O–H groups in total. The second kappa shape index (κ2) is 5.53. The summed E-state index contributed by atoms with van der Waals surface area (Å²) in [5.74, 6) is 0.390. The van der Waals surface area contributed by atoms with E-state index in [1.165, 1.54) is 0 Å². The molecule has 0 aromatic heterocycles. The average Bonchev–Trinajstić information content (AvgIpc) is 2.51. The fraction of sp³-hybridized carbons (Fsp3) is 0.200. The van der Waals surface area contributed by atoms with Gasteiger partial charge in [-0.25, -0.2) is 0 Å². The molecule has 3 rings (SSSR count). The first-order chi connectivity index (χ1) is 10.4. The monoisotopic (exact) mass is 383 g/mol. The molecule has 2 aromatic carbocycles. The average molecular weight is 385 g/mol. The molecule has 0 aliphatic carbocycles. The maximum Gasteiger partial charge on any atom is 0.364 e. The number of benzene rings is 2. The number of nitrogens with zero attached hydrogens (tertiary/aromatic N) is 1. The van der Waals surface area contributed by atoms with Gasteiger partial charge in [0.25, 0.3) is 0 Å². The number of hydrogen-bond donors (Lipinski definition) is 1. The first-order valence-electron chi connectivity index (χ1n) is 6.47. The number of hydrogen-bond acceptors (Lipinski definition) is 4. The van der Waals surface area contributed by atoms with E-state index in [0.717, 1.165) is 4.47 Å². The summed E-state index contributed by atoms with van der Waals surface area (Å²) in [5.41, 5.74) is 0.825. The van der Waals surface area contributed by atoms with E-state index < -0.39 is 22.1 Å². The summed E-state index contributed by atoms with van der Waals surface area (Å²) in [5, 5.41) is 22.0. The number of nitro groups is 1. The van der Waals surface area contributed by atoms with Crippen LogP contribution in [0.1, 0.15) is 23.3 Å². The zero-order valence-electron chi connectivity index (χ0n) is 11.1. The van der Waals surface area contributed by atoms with Crippen LogP contribution in [0.25, 0.3) is 0 Å². The van der Waals surface area contributed by atoms with Gasteiger partial charge in [-0.2, -0.15) is 0 Å². The highest BCUT2D eigenvalue weighted by atomic mass is 79.9. The smallest absolute Gasteiger partial charge is 0.364 e. The molecule has 0 saturated heterocycles. The van der Waals surface area contributed by atoms with Crippen LogP contribution in [-0.4, -0.2) is 15.0 Å². The molecule has 5 nitrogen and oxygen atoms in total. The first-order valence-corrected chi connectivity index (χ1v) is 7.64. The van der Waals surface area contributed by atoms with Crippen molar-refractivity contribution in [1.82, 2.24) is 0 Å². The topological polar surface area (TPSA) is 72.6 Å². The highest BCUT2D eigenvalue weighted by Gasteiger charge is 2.61. The Morgan fingerprint density at radius 1 is 1.23 bits per heavy atom. The summed E-state index contributed by atoms with van der Waals surface area (Å²) < 4.78 is 6.58. The fourth-order valence-corrected chi connectivity index (χ4v) is 3.07. The van der Waals surface area contributed by atoms with Gasteiger partial charge in [0.2, 0.25) is 6.10 Å². The second-order valence-electron chi connectivity index (χ2n) is 4.97. The summed E-state index contributed by atoms with van der Waals surface area (Å²) in [4.78, 5) is 8.69. The largest absolute Gasteiger partial charge is 0.476 e. The molecule has 0 amide bonds. The number of aliphatic hydroxyl groups excluding tert-OH is 1. The summed E-state index contributed by atoms with van der Waals surface area (Å²) >= 11 is 9.55. The zero-order chi connectivity index (χ0) is 15.9. The predicted octanol–water partition coefficient (Wildman–Crippen LogP) is 3.83. The molecule has 0 spiro atoms. The summed E-state index contributed by atoms with van der Waals surface area (Å²) in [6, 6.07) is 13.5. The van der Waals surface area contributed by atoms with Crippen LogP contribution in [0.2, 0.25) is 0 Å². The molecular formula is C15H11BrClNO4. The number of ether oxygens (including phenoxy) is 1. The van der Waals surface area contributed by atoms with Crippen molar-refractivity contribution < 1.29 is 14.8 Å². The van der Waals surface area contributed by atoms with E-state index in [1.807, 2.05) is 0 Å². The van der Waals surface area contributed by atoms with Crippen LogP contribution in [-0.2, 0) is 0 Å². The standard InChI is InChI=1S/C15H11BrClNO4/c16-10-7-5-9(6-8-10)14-15(17,18(20)21)13(19)11-3-1-2-4-12(11)22-14/h1-8,13-14,19H/t13-,14-,15+/m0/s1. The minimum Gasteiger partial charge on any atom is -0.476 e. The number of para-hydroxylation sites is 1. The highest BCUT2D eigenvalue weighted by Crippen LogP contribution is 2.51. The molecule has 0 unspecified atom stereocenters. The minimum atomic E-state index is -2.19. The van der Waals surface area contributed by atoms with E-state index in [2.05, 4.69) is 15.9 Å². The van der Waals surface area contributed by atoms with Crippen molar-refractivity contribution in [3.8, 4) is 5.75 Å². The first kappa shape index (κ1) is 15.3. The second-order valence-corrected chi connectivity index (χ2v) is 6.50. The molecule has 114 valence electrons. The lowest BCUT2D eigenvalue weighted by molar-refractivity contribution is -0.570. The molecule has 0 radical (unpaired) electrons. The number of halogens is 2. The van der Waals surface area contributed by atoms with Crippen molar-refractivity contribution in [2.45, 2.75) is 17.2 Å². The van der Waals surface area contributed by atoms with Crippen molar-refractivity contribution in [2.75, 3.05) is 0 Å². The lowest BCUT2D eigenvalue weighted by Crippen LogP contribution is -2.49. The van der Waals surface area contributed by atoms with Gasteiger partial charge in [-0.3, -0.25) is 10.1 Å². The van der Waals surface area contributed by atoms with Gasteiger partial charge in [0.15, 0.2) is 6.10 Å². The molecule has 0 saturated carbocycles. The third-order valence-electron chi connectivity index (χ3n) is 3.66. The van der Waals surface area contributed by atoms with E-state index in [-0.39, 0.29) is 0 Å². The molecule has 22 heavy (non-hydrogen) atoms. The quantitative estimate of drug-likeness (QED) is 0.370. The minimum absolute atomic E-state index is 0.308. The Bertz CT molecular complexity index is 724. The van der Waals surface area contributed by atoms with Gasteiger partial charge in [0, 0.05) is 15.6 Å². The van der Waals surface area contributed by atoms with Crippen LogP contribution in [0.4, 0.5) is 0 Å². The maximum atomic E-state index is 11.6. The predicted molar refractivity (Wildman–Crippen MR) is 84.5 cm³/mol. The SMILES string of the molecule is O=[N+]([O-])[C@]1(Cl)[C@@H](O)c2ccccc2O[C@H]1c1ccc(Br)cc1. The van der Waals surface area contributed by atoms with E-state index >= 15 is 0 Å². The van der Waals surface area contributed by atoms with Crippen molar-refractivity contribution in [1.29, 1.82) is 0 Å². The fourth-order valence-electron chi connectivity index (χ4n) is 2.52. The molecule has 1 aliphatic heterocycles. The van der Waals surface area contributed by atoms with Crippen LogP contribution < -0.4 is 4.74 Å². The number of aliphatic hydroxyl groups is 1. The third kappa shape index (κ3) is 2.27. The van der Waals surface area contributed by atoms with Crippen molar-refractivity contribution in [3.05, 3.63) is 74.2 Å². The Balaban J connectivity index is 2.15. The van der Waals surface area contributed by atoms with Gasteiger partial charge in [0.1, 0.15) is 5.75 Å². The molecule has 0 bridgehead atoms. The van der Waals surface area contributed by atoms with Gasteiger partial charge in [-0.15, -0.1) is 0 Å². The van der Waals surface area contributed by atoms with Gasteiger partial charge in [-0.05, 0) is 29.8 Å². The molecule has 7 heteroatoms. The zero-order valence-corrected chi connectivity index (χ0v) is 13.5. The van der Waals surface area contributed by atoms with Crippen molar-refractivity contribution in [3.63, 3.8) is 0 Å². The van der Waals surface area contributed by atoms with Gasteiger partial charge < -0.3 is 9.84 Å². The van der Waals surface area contributed by atoms with E-state index in [1.54, 1.807) is 48.5 Å². The van der Waals surface area contributed by atoms with Crippen molar-refractivity contribution in [2.24, 2.45) is 0 Å². The van der Waals surface area contributed by atoms with Gasteiger partial charge >= 0.3 is 5.00 Å². The Kier molecular flexibility index (Phi) is 3.84. The van der Waals surface area contributed by atoms with Crippen LogP contribution in [0.5, 0.6) is 5.75 Å². The third-order valence-corrected chi connectivity index (χ3v) is 4.73. The van der Waals surface area contributed by atoms with Crippen LogP contribution in [0.15, 0.2) is 53.0 Å². The Labute approximate surface area is 139 Å². The summed E-state index contributed by atoms with van der Waals surface area (Å²) in [6.07, 6.45) is -2.59. The summed E-state index contributed by atoms with van der Waals surface area (Å²) in [7, 11) is 0. The molecule has 2 aromatic rings. The lowest BCUT2D eigenvalue weighted by atomic mass is 9.90. The van der Waals surface area contributed by atoms with E-state index in [0.29, 0.717) is 16.9 Å². The van der Waals surface area contributed by atoms with E-state index in [9.17, 15) is 15.2 Å².